The fourth-order valence-corrected chi connectivity index (χ4v) is 3.19. The van der Waals surface area contributed by atoms with Crippen molar-refractivity contribution in [3.8, 4) is 0 Å². The molecule has 4 heteroatoms. The molecule has 1 aliphatic rings. The van der Waals surface area contributed by atoms with E-state index < -0.39 is 0 Å². The molecule has 1 aromatic rings. The summed E-state index contributed by atoms with van der Waals surface area (Å²) in [5.41, 5.74) is 0.667. The van der Waals surface area contributed by atoms with Crippen LogP contribution >= 0.6 is 11.8 Å². The summed E-state index contributed by atoms with van der Waals surface area (Å²) in [6, 6.07) is 5.57. The second kappa shape index (κ2) is 5.06. The quantitative estimate of drug-likeness (QED) is 0.849. The lowest BCUT2D eigenvalue weighted by Gasteiger charge is -2.32. The van der Waals surface area contributed by atoms with Crippen LogP contribution in [-0.2, 0) is 0 Å². The number of fused-ring (bicyclic) bond motifs is 1. The van der Waals surface area contributed by atoms with E-state index in [1.54, 1.807) is 17.8 Å². The summed E-state index contributed by atoms with van der Waals surface area (Å²) < 4.78 is 13.5. The monoisotopic (exact) mass is 240 g/mol. The first-order valence-corrected chi connectivity index (χ1v) is 6.46. The van der Waals surface area contributed by atoms with E-state index in [9.17, 15) is 4.39 Å². The topological polar surface area (TPSA) is 24.1 Å². The molecule has 1 aromatic carbocycles. The van der Waals surface area contributed by atoms with Gasteiger partial charge in [-0.3, -0.25) is 0 Å². The second-order valence-electron chi connectivity index (χ2n) is 4.09. The number of para-hydroxylation sites is 1. The lowest BCUT2D eigenvalue weighted by atomic mass is 10.1. The smallest absolute Gasteiger partial charge is 0.147 e. The predicted molar refractivity (Wildman–Crippen MR) is 67.7 cm³/mol. The maximum absolute atomic E-state index is 13.5. The first-order valence-electron chi connectivity index (χ1n) is 5.58. The van der Waals surface area contributed by atoms with E-state index in [1.807, 2.05) is 13.1 Å². The first-order chi connectivity index (χ1) is 7.72. The molecule has 0 aromatic heterocycles. The minimum absolute atomic E-state index is 0.149. The Balaban J connectivity index is 2.15. The van der Waals surface area contributed by atoms with Gasteiger partial charge in [-0.1, -0.05) is 6.07 Å². The Bertz CT molecular complexity index is 370. The number of anilines is 1. The Morgan fingerprint density at radius 1 is 1.50 bits per heavy atom. The average molecular weight is 240 g/mol. The highest BCUT2D eigenvalue weighted by Crippen LogP contribution is 2.40. The summed E-state index contributed by atoms with van der Waals surface area (Å²) >= 11 is 1.78. The van der Waals surface area contributed by atoms with Gasteiger partial charge in [0.2, 0.25) is 0 Å². The largest absolute Gasteiger partial charge is 0.378 e. The summed E-state index contributed by atoms with van der Waals surface area (Å²) in [5, 5.41) is 6.92. The molecule has 1 heterocycles. The van der Waals surface area contributed by atoms with Crippen LogP contribution in [0.1, 0.15) is 13.3 Å². The molecule has 2 nitrogen and oxygen atoms in total. The summed E-state index contributed by atoms with van der Waals surface area (Å²) in [6.07, 6.45) is 1.09. The van der Waals surface area contributed by atoms with Crippen LogP contribution in [-0.4, -0.2) is 24.9 Å². The van der Waals surface area contributed by atoms with E-state index in [0.717, 1.165) is 17.9 Å². The minimum Gasteiger partial charge on any atom is -0.378 e. The molecule has 0 bridgehead atoms. The third-order valence-corrected chi connectivity index (χ3v) is 4.40. The van der Waals surface area contributed by atoms with Gasteiger partial charge in [-0.05, 0) is 39.1 Å². The molecular weight excluding hydrogens is 223 g/mol. The molecule has 0 saturated carbocycles. The zero-order valence-electron chi connectivity index (χ0n) is 9.59. The highest BCUT2D eigenvalue weighted by atomic mass is 32.2. The SMILES string of the molecule is CNCCC1Sc2cccc(F)c2NC1C. The van der Waals surface area contributed by atoms with Crippen LogP contribution in [0.5, 0.6) is 0 Å². The third kappa shape index (κ3) is 2.33. The zero-order valence-corrected chi connectivity index (χ0v) is 10.4. The van der Waals surface area contributed by atoms with Crippen molar-refractivity contribution < 1.29 is 4.39 Å². The van der Waals surface area contributed by atoms with Gasteiger partial charge in [-0.25, -0.2) is 4.39 Å². The summed E-state index contributed by atoms with van der Waals surface area (Å²) in [7, 11) is 1.96. The van der Waals surface area contributed by atoms with Gasteiger partial charge < -0.3 is 10.6 Å². The maximum Gasteiger partial charge on any atom is 0.147 e. The van der Waals surface area contributed by atoms with E-state index >= 15 is 0 Å². The standard InChI is InChI=1S/C12H17FN2S/c1-8-10(6-7-14-2)16-11-5-3-4-9(13)12(11)15-8/h3-5,8,10,14-15H,6-7H2,1-2H3. The van der Waals surface area contributed by atoms with Crippen molar-refractivity contribution in [2.45, 2.75) is 29.5 Å². The van der Waals surface area contributed by atoms with Crippen LogP contribution in [0.3, 0.4) is 0 Å². The molecule has 0 amide bonds. The van der Waals surface area contributed by atoms with Crippen LogP contribution in [0.4, 0.5) is 10.1 Å². The van der Waals surface area contributed by atoms with Crippen molar-refractivity contribution >= 4 is 17.4 Å². The normalized spacial score (nSPS) is 23.7. The van der Waals surface area contributed by atoms with Crippen molar-refractivity contribution in [3.63, 3.8) is 0 Å². The van der Waals surface area contributed by atoms with Crippen molar-refractivity contribution in [1.29, 1.82) is 0 Å². The van der Waals surface area contributed by atoms with Gasteiger partial charge in [0, 0.05) is 16.2 Å². The van der Waals surface area contributed by atoms with Gasteiger partial charge in [-0.15, -0.1) is 11.8 Å². The van der Waals surface area contributed by atoms with Gasteiger partial charge in [0.15, 0.2) is 0 Å². The minimum atomic E-state index is -0.149. The number of hydrogen-bond acceptors (Lipinski definition) is 3. The van der Waals surface area contributed by atoms with Crippen molar-refractivity contribution in [2.75, 3.05) is 18.9 Å². The third-order valence-electron chi connectivity index (χ3n) is 2.86. The molecule has 0 radical (unpaired) electrons. The Morgan fingerprint density at radius 3 is 3.06 bits per heavy atom. The Kier molecular flexibility index (Phi) is 3.71. The molecule has 0 aliphatic carbocycles. The van der Waals surface area contributed by atoms with Gasteiger partial charge >= 0.3 is 0 Å². The molecule has 0 spiro atoms. The van der Waals surface area contributed by atoms with Gasteiger partial charge in [0.1, 0.15) is 5.82 Å². The molecule has 88 valence electrons. The number of benzene rings is 1. The fraction of sp³-hybridized carbons (Fsp3) is 0.500. The molecule has 2 N–H and O–H groups in total. The first kappa shape index (κ1) is 11.7. The van der Waals surface area contributed by atoms with Crippen LogP contribution in [0.15, 0.2) is 23.1 Å². The number of hydrogen-bond donors (Lipinski definition) is 2. The van der Waals surface area contributed by atoms with E-state index in [4.69, 9.17) is 0 Å². The second-order valence-corrected chi connectivity index (χ2v) is 5.38. The number of nitrogens with one attached hydrogen (secondary N) is 2. The highest BCUT2D eigenvalue weighted by Gasteiger charge is 2.26. The molecule has 0 fully saturated rings. The van der Waals surface area contributed by atoms with Gasteiger partial charge in [0.05, 0.1) is 5.69 Å². The summed E-state index contributed by atoms with van der Waals surface area (Å²) in [4.78, 5) is 1.03. The lowest BCUT2D eigenvalue weighted by molar-refractivity contribution is 0.603. The molecule has 16 heavy (non-hydrogen) atoms. The van der Waals surface area contributed by atoms with E-state index in [0.29, 0.717) is 17.0 Å². The van der Waals surface area contributed by atoms with Crippen molar-refractivity contribution in [2.24, 2.45) is 0 Å². The maximum atomic E-state index is 13.5. The fourth-order valence-electron chi connectivity index (χ4n) is 1.92. The molecule has 0 saturated heterocycles. The average Bonchev–Trinajstić information content (AvgIpc) is 2.28. The van der Waals surface area contributed by atoms with Gasteiger partial charge in [0.25, 0.3) is 0 Å². The lowest BCUT2D eigenvalue weighted by Crippen LogP contribution is -2.34. The number of rotatable bonds is 3. The van der Waals surface area contributed by atoms with Crippen molar-refractivity contribution in [3.05, 3.63) is 24.0 Å². The molecule has 1 aliphatic heterocycles. The Morgan fingerprint density at radius 2 is 2.31 bits per heavy atom. The Labute approximate surface area is 100 Å². The summed E-state index contributed by atoms with van der Waals surface area (Å²) in [5.74, 6) is -0.149. The van der Waals surface area contributed by atoms with Crippen LogP contribution in [0.25, 0.3) is 0 Å². The van der Waals surface area contributed by atoms with E-state index in [1.165, 1.54) is 6.07 Å². The molecule has 2 unspecified atom stereocenters. The molecule has 2 rings (SSSR count). The predicted octanol–water partition coefficient (Wildman–Crippen LogP) is 2.71. The number of thioether (sulfide) groups is 1. The molecule has 2 atom stereocenters. The molecular formula is C12H17FN2S. The van der Waals surface area contributed by atoms with E-state index in [-0.39, 0.29) is 5.82 Å². The highest BCUT2D eigenvalue weighted by molar-refractivity contribution is 8.00. The van der Waals surface area contributed by atoms with Crippen LogP contribution < -0.4 is 10.6 Å². The van der Waals surface area contributed by atoms with E-state index in [2.05, 4.69) is 17.6 Å². The van der Waals surface area contributed by atoms with Crippen molar-refractivity contribution in [1.82, 2.24) is 5.32 Å². The van der Waals surface area contributed by atoms with Gasteiger partial charge in [-0.2, -0.15) is 0 Å². The zero-order chi connectivity index (χ0) is 11.5. The number of halogens is 1. The Hall–Kier alpha value is -0.740. The van der Waals surface area contributed by atoms with Crippen LogP contribution in [0, 0.1) is 5.82 Å². The summed E-state index contributed by atoms with van der Waals surface area (Å²) in [6.45, 7) is 3.11. The van der Waals surface area contributed by atoms with Crippen LogP contribution in [0.2, 0.25) is 0 Å².